The van der Waals surface area contributed by atoms with Gasteiger partial charge in [-0.25, -0.2) is 4.39 Å². The lowest BCUT2D eigenvalue weighted by atomic mass is 10.1. The molecule has 17 heavy (non-hydrogen) atoms. The van der Waals surface area contributed by atoms with Gasteiger partial charge in [0, 0.05) is 12.1 Å². The van der Waals surface area contributed by atoms with Crippen LogP contribution in [0.1, 0.15) is 44.3 Å². The van der Waals surface area contributed by atoms with E-state index in [-0.39, 0.29) is 0 Å². The normalized spacial score (nSPS) is 18.6. The Balaban J connectivity index is 2.05. The summed E-state index contributed by atoms with van der Waals surface area (Å²) in [6, 6.07) is 7.15. The molecule has 1 aromatic carbocycles. The number of halogens is 1. The monoisotopic (exact) mass is 235 g/mol. The Labute approximate surface area is 101 Å². The maximum atomic E-state index is 13.7. The van der Waals surface area contributed by atoms with Crippen LogP contribution >= 0.6 is 0 Å². The lowest BCUT2D eigenvalue weighted by Gasteiger charge is -2.16. The van der Waals surface area contributed by atoms with Crippen molar-refractivity contribution in [2.24, 2.45) is 0 Å². The van der Waals surface area contributed by atoms with Gasteiger partial charge in [-0.1, -0.05) is 44.4 Å². The van der Waals surface area contributed by atoms with Crippen molar-refractivity contribution in [2.45, 2.75) is 38.8 Å². The number of unbranched alkanes of at least 4 members (excludes halogenated alkanes) is 3. The Bertz CT molecular complexity index is 405. The van der Waals surface area contributed by atoms with Gasteiger partial charge < -0.3 is 4.90 Å². The number of hydrogen-bond donors (Lipinski definition) is 0. The van der Waals surface area contributed by atoms with Gasteiger partial charge in [0.05, 0.1) is 5.69 Å². The first kappa shape index (κ1) is 12.1. The molecule has 1 aliphatic rings. The molecule has 1 aromatic rings. The summed E-state index contributed by atoms with van der Waals surface area (Å²) >= 11 is 0. The summed E-state index contributed by atoms with van der Waals surface area (Å²) in [5, 5.41) is 0. The van der Waals surface area contributed by atoms with Crippen molar-refractivity contribution in [1.82, 2.24) is 0 Å². The molecule has 0 radical (unpaired) electrons. The van der Waals surface area contributed by atoms with Crippen molar-refractivity contribution in [1.29, 1.82) is 0 Å². The molecule has 0 fully saturated rings. The number of benzene rings is 1. The number of nitrogens with zero attached hydrogens (tertiary/aromatic N) is 1. The Kier molecular flexibility index (Phi) is 3.77. The van der Waals surface area contributed by atoms with Crippen molar-refractivity contribution in [3.05, 3.63) is 29.8 Å². The number of rotatable bonds is 5. The first-order chi connectivity index (χ1) is 8.25. The van der Waals surface area contributed by atoms with E-state index in [1.807, 2.05) is 12.1 Å². The van der Waals surface area contributed by atoms with E-state index in [1.54, 1.807) is 17.0 Å². The van der Waals surface area contributed by atoms with Gasteiger partial charge in [0.15, 0.2) is 0 Å². The minimum atomic E-state index is -1.46. The second kappa shape index (κ2) is 5.30. The molecule has 0 saturated heterocycles. The van der Waals surface area contributed by atoms with Crippen molar-refractivity contribution in [3.8, 4) is 0 Å². The number of alkyl halides is 1. The predicted octanol–water partition coefficient (Wildman–Crippen LogP) is 3.62. The summed E-state index contributed by atoms with van der Waals surface area (Å²) in [6.45, 7) is 2.78. The largest absolute Gasteiger partial charge is 0.309 e. The highest BCUT2D eigenvalue weighted by molar-refractivity contribution is 6.03. The lowest BCUT2D eigenvalue weighted by molar-refractivity contribution is -0.122. The van der Waals surface area contributed by atoms with Crippen molar-refractivity contribution in [3.63, 3.8) is 0 Å². The number of carbonyl (C=O) groups is 1. The topological polar surface area (TPSA) is 20.3 Å². The number of fused-ring (bicyclic) bond motifs is 1. The van der Waals surface area contributed by atoms with E-state index in [0.717, 1.165) is 24.9 Å². The zero-order valence-electron chi connectivity index (χ0n) is 10.2. The fourth-order valence-corrected chi connectivity index (χ4v) is 2.26. The Morgan fingerprint density at radius 2 is 2.00 bits per heavy atom. The van der Waals surface area contributed by atoms with Gasteiger partial charge in [-0.2, -0.15) is 0 Å². The summed E-state index contributed by atoms with van der Waals surface area (Å²) in [4.78, 5) is 13.4. The van der Waals surface area contributed by atoms with Gasteiger partial charge >= 0.3 is 0 Å². The first-order valence-electron chi connectivity index (χ1n) is 6.30. The Morgan fingerprint density at radius 3 is 2.76 bits per heavy atom. The van der Waals surface area contributed by atoms with Crippen LogP contribution in [0.15, 0.2) is 24.3 Å². The summed E-state index contributed by atoms with van der Waals surface area (Å²) in [6.07, 6.45) is 2.91. The maximum Gasteiger partial charge on any atom is 0.266 e. The molecule has 3 heteroatoms. The third-order valence-corrected chi connectivity index (χ3v) is 3.22. The van der Waals surface area contributed by atoms with Crippen LogP contribution in [0.2, 0.25) is 0 Å². The third kappa shape index (κ3) is 2.33. The molecule has 0 aliphatic carbocycles. The second-order valence-corrected chi connectivity index (χ2v) is 4.47. The number of hydrogen-bond acceptors (Lipinski definition) is 1. The van der Waals surface area contributed by atoms with E-state index >= 15 is 0 Å². The number of anilines is 1. The van der Waals surface area contributed by atoms with Gasteiger partial charge in [0.1, 0.15) is 0 Å². The van der Waals surface area contributed by atoms with Gasteiger partial charge in [0.25, 0.3) is 5.91 Å². The molecule has 1 atom stereocenters. The minimum Gasteiger partial charge on any atom is -0.309 e. The molecule has 0 aromatic heterocycles. The van der Waals surface area contributed by atoms with Crippen molar-refractivity contribution >= 4 is 11.6 Å². The molecule has 1 amide bonds. The number of para-hydroxylation sites is 1. The lowest BCUT2D eigenvalue weighted by Crippen LogP contribution is -2.28. The molecular formula is C14H18FNO. The fraction of sp³-hybridized carbons (Fsp3) is 0.500. The minimum absolute atomic E-state index is 0.400. The molecule has 1 unspecified atom stereocenters. The van der Waals surface area contributed by atoms with Crippen LogP contribution in [-0.2, 0) is 4.79 Å². The SMILES string of the molecule is CCCCCCN1C(=O)C(F)c2ccccc21. The van der Waals surface area contributed by atoms with Gasteiger partial charge in [-0.15, -0.1) is 0 Å². The zero-order chi connectivity index (χ0) is 12.3. The number of amides is 1. The van der Waals surface area contributed by atoms with E-state index in [2.05, 4.69) is 6.92 Å². The molecule has 0 spiro atoms. The smallest absolute Gasteiger partial charge is 0.266 e. The average molecular weight is 235 g/mol. The zero-order valence-corrected chi connectivity index (χ0v) is 10.2. The molecule has 2 rings (SSSR count). The fourth-order valence-electron chi connectivity index (χ4n) is 2.26. The highest BCUT2D eigenvalue weighted by Gasteiger charge is 2.36. The molecular weight excluding hydrogens is 217 g/mol. The van der Waals surface area contributed by atoms with Crippen molar-refractivity contribution < 1.29 is 9.18 Å². The third-order valence-electron chi connectivity index (χ3n) is 3.22. The maximum absolute atomic E-state index is 13.7. The van der Waals surface area contributed by atoms with Crippen LogP contribution in [0, 0.1) is 0 Å². The van der Waals surface area contributed by atoms with Gasteiger partial charge in [-0.3, -0.25) is 4.79 Å². The molecule has 1 heterocycles. The van der Waals surface area contributed by atoms with E-state index < -0.39 is 12.1 Å². The highest BCUT2D eigenvalue weighted by atomic mass is 19.1. The summed E-state index contributed by atoms with van der Waals surface area (Å²) in [5.41, 5.74) is 1.27. The standard InChI is InChI=1S/C14H18FNO/c1-2-3-4-7-10-16-12-9-6-5-8-11(12)13(15)14(16)17/h5-6,8-9,13H,2-4,7,10H2,1H3. The average Bonchev–Trinajstić information content (AvgIpc) is 2.60. The van der Waals surface area contributed by atoms with Crippen LogP contribution in [-0.4, -0.2) is 12.5 Å². The second-order valence-electron chi connectivity index (χ2n) is 4.47. The van der Waals surface area contributed by atoms with Crippen LogP contribution < -0.4 is 4.90 Å². The summed E-state index contributed by atoms with van der Waals surface area (Å²) in [7, 11) is 0. The molecule has 0 N–H and O–H groups in total. The van der Waals surface area contributed by atoms with E-state index in [9.17, 15) is 9.18 Å². The number of carbonyl (C=O) groups excluding carboxylic acids is 1. The predicted molar refractivity (Wildman–Crippen MR) is 66.8 cm³/mol. The summed E-state index contributed by atoms with van der Waals surface area (Å²) < 4.78 is 13.7. The van der Waals surface area contributed by atoms with Gasteiger partial charge in [-0.05, 0) is 12.5 Å². The Hall–Kier alpha value is -1.38. The van der Waals surface area contributed by atoms with E-state index in [4.69, 9.17) is 0 Å². The molecule has 2 nitrogen and oxygen atoms in total. The van der Waals surface area contributed by atoms with E-state index in [1.165, 1.54) is 6.42 Å². The molecule has 92 valence electrons. The quantitative estimate of drug-likeness (QED) is 0.714. The Morgan fingerprint density at radius 1 is 1.24 bits per heavy atom. The summed E-state index contributed by atoms with van der Waals surface area (Å²) in [5.74, 6) is -0.400. The van der Waals surface area contributed by atoms with Crippen LogP contribution in [0.5, 0.6) is 0 Å². The van der Waals surface area contributed by atoms with Crippen LogP contribution in [0.25, 0.3) is 0 Å². The molecule has 1 aliphatic heterocycles. The molecule has 0 bridgehead atoms. The van der Waals surface area contributed by atoms with Crippen LogP contribution in [0.3, 0.4) is 0 Å². The first-order valence-corrected chi connectivity index (χ1v) is 6.30. The van der Waals surface area contributed by atoms with Crippen molar-refractivity contribution in [2.75, 3.05) is 11.4 Å². The highest BCUT2D eigenvalue weighted by Crippen LogP contribution is 2.37. The van der Waals surface area contributed by atoms with Gasteiger partial charge in [0.2, 0.25) is 6.17 Å². The van der Waals surface area contributed by atoms with Crippen LogP contribution in [0.4, 0.5) is 10.1 Å². The molecule has 0 saturated carbocycles. The van der Waals surface area contributed by atoms with E-state index in [0.29, 0.717) is 12.1 Å².